The highest BCUT2D eigenvalue weighted by atomic mass is 79.9. The lowest BCUT2D eigenvalue weighted by molar-refractivity contribution is 0.523. The summed E-state index contributed by atoms with van der Waals surface area (Å²) >= 11 is 10.9. The van der Waals surface area contributed by atoms with E-state index in [1.54, 1.807) is 0 Å². The summed E-state index contributed by atoms with van der Waals surface area (Å²) in [5.41, 5.74) is 8.21. The van der Waals surface area contributed by atoms with Crippen molar-refractivity contribution in [3.05, 3.63) is 55.3 Å². The lowest BCUT2D eigenvalue weighted by atomic mass is 10.1. The van der Waals surface area contributed by atoms with Gasteiger partial charge in [-0.1, -0.05) is 27.5 Å². The number of thiophene rings is 1. The van der Waals surface area contributed by atoms with Crippen LogP contribution in [0, 0.1) is 6.92 Å². The average molecular weight is 357 g/mol. The summed E-state index contributed by atoms with van der Waals surface area (Å²) in [4.78, 5) is 1.01. The molecule has 1 atom stereocenters. The van der Waals surface area contributed by atoms with Crippen molar-refractivity contribution in [3.8, 4) is 0 Å². The zero-order chi connectivity index (χ0) is 13.6. The molecule has 2 aromatic heterocycles. The third-order valence-electron chi connectivity index (χ3n) is 3.12. The number of hydrogen-bond acceptors (Lipinski definition) is 3. The van der Waals surface area contributed by atoms with Crippen LogP contribution in [0.15, 0.2) is 39.2 Å². The van der Waals surface area contributed by atoms with Crippen LogP contribution >= 0.6 is 38.9 Å². The van der Waals surface area contributed by atoms with Crippen molar-refractivity contribution in [1.82, 2.24) is 0 Å². The zero-order valence-electron chi connectivity index (χ0n) is 10.1. The molecule has 0 radical (unpaired) electrons. The van der Waals surface area contributed by atoms with Crippen molar-refractivity contribution in [1.29, 1.82) is 0 Å². The number of benzene rings is 1. The van der Waals surface area contributed by atoms with E-state index < -0.39 is 0 Å². The lowest BCUT2D eigenvalue weighted by Crippen LogP contribution is -2.10. The molecule has 2 heterocycles. The molecule has 1 unspecified atom stereocenters. The maximum Gasteiger partial charge on any atom is 0.135 e. The van der Waals surface area contributed by atoms with E-state index in [-0.39, 0.29) is 6.04 Å². The van der Waals surface area contributed by atoms with Gasteiger partial charge in [0.2, 0.25) is 0 Å². The number of rotatable bonds is 2. The normalized spacial score (nSPS) is 13.1. The van der Waals surface area contributed by atoms with Crippen molar-refractivity contribution >= 4 is 49.8 Å². The Morgan fingerprint density at radius 3 is 2.79 bits per heavy atom. The first-order chi connectivity index (χ1) is 9.06. The molecule has 0 amide bonds. The van der Waals surface area contributed by atoms with Gasteiger partial charge in [0.05, 0.1) is 10.4 Å². The van der Waals surface area contributed by atoms with E-state index in [1.165, 1.54) is 11.3 Å². The number of furan rings is 1. The van der Waals surface area contributed by atoms with E-state index in [1.807, 2.05) is 37.3 Å². The minimum atomic E-state index is -0.274. The van der Waals surface area contributed by atoms with Crippen molar-refractivity contribution in [2.45, 2.75) is 13.0 Å². The molecule has 98 valence electrons. The summed E-state index contributed by atoms with van der Waals surface area (Å²) < 4.78 is 7.65. The fourth-order valence-corrected chi connectivity index (χ4v) is 3.54. The third-order valence-corrected chi connectivity index (χ3v) is 4.93. The quantitative estimate of drug-likeness (QED) is 0.679. The summed E-state index contributed by atoms with van der Waals surface area (Å²) in [7, 11) is 0. The second-order valence-corrected chi connectivity index (χ2v) is 7.01. The van der Waals surface area contributed by atoms with Crippen LogP contribution in [0.25, 0.3) is 11.0 Å². The molecule has 19 heavy (non-hydrogen) atoms. The highest BCUT2D eigenvalue weighted by Crippen LogP contribution is 2.35. The molecule has 0 saturated heterocycles. The average Bonchev–Trinajstić information content (AvgIpc) is 2.93. The van der Waals surface area contributed by atoms with Crippen LogP contribution in [0.3, 0.4) is 0 Å². The van der Waals surface area contributed by atoms with Gasteiger partial charge in [-0.2, -0.15) is 0 Å². The summed E-state index contributed by atoms with van der Waals surface area (Å²) in [5, 5.41) is 1.09. The van der Waals surface area contributed by atoms with Crippen LogP contribution in [0.5, 0.6) is 0 Å². The van der Waals surface area contributed by atoms with Gasteiger partial charge >= 0.3 is 0 Å². The first-order valence-electron chi connectivity index (χ1n) is 5.75. The van der Waals surface area contributed by atoms with Gasteiger partial charge in [0.25, 0.3) is 0 Å². The van der Waals surface area contributed by atoms with Gasteiger partial charge in [-0.3, -0.25) is 0 Å². The molecule has 3 aromatic rings. The third kappa shape index (κ3) is 2.34. The standard InChI is InChI=1S/C14H11BrClNOS/c1-7-9-3-2-8(15)6-10(9)18-14(7)13(17)11-4-5-12(16)19-11/h2-6,13H,17H2,1H3. The van der Waals surface area contributed by atoms with Crippen LogP contribution in [-0.4, -0.2) is 0 Å². The predicted molar refractivity (Wildman–Crippen MR) is 84.0 cm³/mol. The Morgan fingerprint density at radius 2 is 2.11 bits per heavy atom. The molecule has 0 spiro atoms. The molecule has 2 nitrogen and oxygen atoms in total. The fourth-order valence-electron chi connectivity index (χ4n) is 2.14. The molecule has 5 heteroatoms. The van der Waals surface area contributed by atoms with Crippen molar-refractivity contribution in [2.24, 2.45) is 5.73 Å². The summed E-state index contributed by atoms with van der Waals surface area (Å²) in [6.45, 7) is 2.03. The lowest BCUT2D eigenvalue weighted by Gasteiger charge is -2.07. The van der Waals surface area contributed by atoms with E-state index in [0.717, 1.165) is 36.0 Å². The van der Waals surface area contributed by atoms with Gasteiger partial charge in [0, 0.05) is 20.3 Å². The topological polar surface area (TPSA) is 39.2 Å². The molecule has 2 N–H and O–H groups in total. The number of aryl methyl sites for hydroxylation is 1. The van der Waals surface area contributed by atoms with Gasteiger partial charge in [-0.05, 0) is 37.3 Å². The van der Waals surface area contributed by atoms with Crippen molar-refractivity contribution in [3.63, 3.8) is 0 Å². The van der Waals surface area contributed by atoms with Gasteiger partial charge in [0.1, 0.15) is 11.3 Å². The van der Waals surface area contributed by atoms with Crippen LogP contribution in [-0.2, 0) is 0 Å². The maximum atomic E-state index is 6.28. The zero-order valence-corrected chi connectivity index (χ0v) is 13.3. The largest absolute Gasteiger partial charge is 0.459 e. The smallest absolute Gasteiger partial charge is 0.135 e. The molecule has 0 aliphatic heterocycles. The molecular weight excluding hydrogens is 346 g/mol. The Labute approximate surface area is 128 Å². The number of nitrogens with two attached hydrogens (primary N) is 1. The van der Waals surface area contributed by atoms with E-state index in [2.05, 4.69) is 15.9 Å². The van der Waals surface area contributed by atoms with Crippen LogP contribution < -0.4 is 5.73 Å². The monoisotopic (exact) mass is 355 g/mol. The summed E-state index contributed by atoms with van der Waals surface area (Å²) in [6.07, 6.45) is 0. The van der Waals surface area contributed by atoms with Crippen LogP contribution in [0.1, 0.15) is 22.2 Å². The SMILES string of the molecule is Cc1c(C(N)c2ccc(Cl)s2)oc2cc(Br)ccc12. The molecule has 0 aliphatic carbocycles. The van der Waals surface area contributed by atoms with Gasteiger partial charge in [0.15, 0.2) is 0 Å². The van der Waals surface area contributed by atoms with Crippen LogP contribution in [0.4, 0.5) is 0 Å². The number of fused-ring (bicyclic) bond motifs is 1. The highest BCUT2D eigenvalue weighted by Gasteiger charge is 2.20. The van der Waals surface area contributed by atoms with Gasteiger partial charge in [-0.15, -0.1) is 11.3 Å². The Hall–Kier alpha value is -0.810. The van der Waals surface area contributed by atoms with Gasteiger partial charge < -0.3 is 10.2 Å². The second kappa shape index (κ2) is 4.94. The highest BCUT2D eigenvalue weighted by molar-refractivity contribution is 9.10. The van der Waals surface area contributed by atoms with Crippen LogP contribution in [0.2, 0.25) is 4.34 Å². The first-order valence-corrected chi connectivity index (χ1v) is 7.74. The Balaban J connectivity index is 2.12. The van der Waals surface area contributed by atoms with E-state index in [4.69, 9.17) is 21.8 Å². The van der Waals surface area contributed by atoms with Crippen molar-refractivity contribution in [2.75, 3.05) is 0 Å². The molecule has 0 fully saturated rings. The van der Waals surface area contributed by atoms with Crippen molar-refractivity contribution < 1.29 is 4.42 Å². The Bertz CT molecular complexity index is 749. The fraction of sp³-hybridized carbons (Fsp3) is 0.143. The van der Waals surface area contributed by atoms with E-state index in [9.17, 15) is 0 Å². The molecule has 3 rings (SSSR count). The Morgan fingerprint density at radius 1 is 1.32 bits per heavy atom. The Kier molecular flexibility index (Phi) is 3.43. The summed E-state index contributed by atoms with van der Waals surface area (Å²) in [6, 6.07) is 9.53. The molecule has 0 aliphatic rings. The van der Waals surface area contributed by atoms with E-state index in [0.29, 0.717) is 0 Å². The molecule has 1 aromatic carbocycles. The molecule has 0 bridgehead atoms. The minimum Gasteiger partial charge on any atom is -0.459 e. The minimum absolute atomic E-state index is 0.274. The maximum absolute atomic E-state index is 6.28. The first kappa shape index (κ1) is 13.2. The molecular formula is C14H11BrClNOS. The number of hydrogen-bond donors (Lipinski definition) is 1. The predicted octanol–water partition coefficient (Wildman–Crippen LogP) is 5.27. The number of halogens is 2. The molecule has 0 saturated carbocycles. The van der Waals surface area contributed by atoms with E-state index >= 15 is 0 Å². The summed E-state index contributed by atoms with van der Waals surface area (Å²) in [5.74, 6) is 0.798. The second-order valence-electron chi connectivity index (χ2n) is 4.35. The van der Waals surface area contributed by atoms with Gasteiger partial charge in [-0.25, -0.2) is 0 Å².